The van der Waals surface area contributed by atoms with Crippen molar-refractivity contribution >= 4 is 11.9 Å². The molecule has 0 aromatic carbocycles. The largest absolute Gasteiger partial charge is 0.466 e. The van der Waals surface area contributed by atoms with Crippen LogP contribution in [0, 0.1) is 0 Å². The van der Waals surface area contributed by atoms with E-state index in [4.69, 9.17) is 15.2 Å². The number of rotatable bonds is 10. The summed E-state index contributed by atoms with van der Waals surface area (Å²) in [6.45, 7) is 4.37. The summed E-state index contributed by atoms with van der Waals surface area (Å²) in [4.78, 5) is 22.3. The maximum Gasteiger partial charge on any atom is 0.322 e. The van der Waals surface area contributed by atoms with Gasteiger partial charge in [0.05, 0.1) is 13.2 Å². The Kier molecular flexibility index (Phi) is 10.3. The highest BCUT2D eigenvalue weighted by Crippen LogP contribution is 2.08. The second kappa shape index (κ2) is 11.0. The van der Waals surface area contributed by atoms with E-state index in [1.807, 2.05) is 0 Å². The van der Waals surface area contributed by atoms with E-state index < -0.39 is 6.04 Å². The lowest BCUT2D eigenvalue weighted by Crippen LogP contribution is -2.32. The number of hydrogen-bond donors (Lipinski definition) is 1. The van der Waals surface area contributed by atoms with E-state index in [2.05, 4.69) is 0 Å². The van der Waals surface area contributed by atoms with E-state index in [1.54, 1.807) is 13.8 Å². The monoisotopic (exact) mass is 259 g/mol. The number of unbranched alkanes of at least 4 members (excludes halogenated alkanes) is 3. The maximum absolute atomic E-state index is 11.2. The summed E-state index contributed by atoms with van der Waals surface area (Å²) in [5, 5.41) is 0. The zero-order valence-corrected chi connectivity index (χ0v) is 11.4. The zero-order chi connectivity index (χ0) is 13.8. The van der Waals surface area contributed by atoms with Crippen LogP contribution in [0.3, 0.4) is 0 Å². The summed E-state index contributed by atoms with van der Waals surface area (Å²) in [5.41, 5.74) is 5.66. The van der Waals surface area contributed by atoms with Crippen molar-refractivity contribution in [2.24, 2.45) is 5.73 Å². The molecule has 0 aliphatic rings. The van der Waals surface area contributed by atoms with Gasteiger partial charge in [0.1, 0.15) is 6.04 Å². The first-order chi connectivity index (χ1) is 8.61. The molecule has 0 heterocycles. The van der Waals surface area contributed by atoms with E-state index in [9.17, 15) is 9.59 Å². The zero-order valence-electron chi connectivity index (χ0n) is 11.4. The number of nitrogens with two attached hydrogens (primary N) is 1. The third-order valence-corrected chi connectivity index (χ3v) is 2.54. The van der Waals surface area contributed by atoms with Crippen molar-refractivity contribution in [2.75, 3.05) is 13.2 Å². The third kappa shape index (κ3) is 8.98. The lowest BCUT2D eigenvalue weighted by Gasteiger charge is -2.09. The molecule has 0 spiro atoms. The van der Waals surface area contributed by atoms with Crippen molar-refractivity contribution in [1.29, 1.82) is 0 Å². The molecule has 0 amide bonds. The molecule has 5 heteroatoms. The highest BCUT2D eigenvalue weighted by atomic mass is 16.5. The molecule has 0 fully saturated rings. The molecule has 0 aliphatic heterocycles. The Morgan fingerprint density at radius 3 is 2.22 bits per heavy atom. The molecule has 0 saturated heterocycles. The summed E-state index contributed by atoms with van der Waals surface area (Å²) in [5.74, 6) is -0.468. The molecule has 1 atom stereocenters. The van der Waals surface area contributed by atoms with E-state index in [1.165, 1.54) is 0 Å². The summed E-state index contributed by atoms with van der Waals surface area (Å²) >= 11 is 0. The first-order valence-corrected chi connectivity index (χ1v) is 6.69. The standard InChI is InChI=1S/C13H25NO4/c1-3-17-12(15)10-8-6-5-7-9-11(14)13(16)18-4-2/h11H,3-10,14H2,1-2H3/t11-/m0/s1. The van der Waals surface area contributed by atoms with Gasteiger partial charge in [-0.15, -0.1) is 0 Å². The Hall–Kier alpha value is -1.10. The molecule has 0 saturated carbocycles. The molecule has 0 aromatic rings. The molecular weight excluding hydrogens is 234 g/mol. The van der Waals surface area contributed by atoms with Crippen LogP contribution in [0.25, 0.3) is 0 Å². The van der Waals surface area contributed by atoms with E-state index in [-0.39, 0.29) is 11.9 Å². The van der Waals surface area contributed by atoms with Gasteiger partial charge >= 0.3 is 11.9 Å². The van der Waals surface area contributed by atoms with Crippen LogP contribution < -0.4 is 5.73 Å². The Morgan fingerprint density at radius 1 is 1.00 bits per heavy atom. The van der Waals surface area contributed by atoms with Gasteiger partial charge in [-0.05, 0) is 26.7 Å². The normalized spacial score (nSPS) is 11.9. The quantitative estimate of drug-likeness (QED) is 0.478. The molecule has 0 aliphatic carbocycles. The fourth-order valence-corrected chi connectivity index (χ4v) is 1.59. The number of carbonyl (C=O) groups excluding carboxylic acids is 2. The van der Waals surface area contributed by atoms with Crippen LogP contribution >= 0.6 is 0 Å². The van der Waals surface area contributed by atoms with Crippen LogP contribution in [0.1, 0.15) is 52.4 Å². The second-order valence-electron chi connectivity index (χ2n) is 4.12. The van der Waals surface area contributed by atoms with E-state index in [0.717, 1.165) is 25.7 Å². The second-order valence-corrected chi connectivity index (χ2v) is 4.12. The minimum atomic E-state index is -0.519. The Bertz CT molecular complexity index is 243. The van der Waals surface area contributed by atoms with Crippen molar-refractivity contribution < 1.29 is 19.1 Å². The Labute approximate surface area is 109 Å². The van der Waals surface area contributed by atoms with Crippen LogP contribution in [0.15, 0.2) is 0 Å². The van der Waals surface area contributed by atoms with Crippen molar-refractivity contribution in [3.63, 3.8) is 0 Å². The van der Waals surface area contributed by atoms with Crippen LogP contribution in [-0.4, -0.2) is 31.2 Å². The van der Waals surface area contributed by atoms with Gasteiger partial charge in [0.2, 0.25) is 0 Å². The van der Waals surface area contributed by atoms with Crippen molar-refractivity contribution in [2.45, 2.75) is 58.4 Å². The fraction of sp³-hybridized carbons (Fsp3) is 0.846. The van der Waals surface area contributed by atoms with Gasteiger partial charge in [-0.2, -0.15) is 0 Å². The summed E-state index contributed by atoms with van der Waals surface area (Å²) < 4.78 is 9.64. The lowest BCUT2D eigenvalue weighted by molar-refractivity contribution is -0.145. The van der Waals surface area contributed by atoms with Crippen molar-refractivity contribution in [1.82, 2.24) is 0 Å². The minimum absolute atomic E-state index is 0.138. The molecule has 106 valence electrons. The molecule has 0 rings (SSSR count). The summed E-state index contributed by atoms with van der Waals surface area (Å²) in [6.07, 6.45) is 4.73. The van der Waals surface area contributed by atoms with Gasteiger partial charge in [0.15, 0.2) is 0 Å². The van der Waals surface area contributed by atoms with Gasteiger partial charge in [-0.1, -0.05) is 19.3 Å². The topological polar surface area (TPSA) is 78.6 Å². The number of carbonyl (C=O) groups is 2. The smallest absolute Gasteiger partial charge is 0.322 e. The highest BCUT2D eigenvalue weighted by molar-refractivity contribution is 5.75. The summed E-state index contributed by atoms with van der Waals surface area (Å²) in [6, 6.07) is -0.519. The van der Waals surface area contributed by atoms with Crippen LogP contribution in [0.4, 0.5) is 0 Å². The maximum atomic E-state index is 11.2. The van der Waals surface area contributed by atoms with E-state index in [0.29, 0.717) is 26.1 Å². The average Bonchev–Trinajstić information content (AvgIpc) is 2.33. The van der Waals surface area contributed by atoms with Crippen LogP contribution in [0.2, 0.25) is 0 Å². The van der Waals surface area contributed by atoms with Crippen molar-refractivity contribution in [3.05, 3.63) is 0 Å². The Morgan fingerprint density at radius 2 is 1.61 bits per heavy atom. The predicted octanol–water partition coefficient (Wildman–Crippen LogP) is 1.78. The minimum Gasteiger partial charge on any atom is -0.466 e. The number of hydrogen-bond acceptors (Lipinski definition) is 5. The molecule has 0 bridgehead atoms. The lowest BCUT2D eigenvalue weighted by atomic mass is 10.1. The van der Waals surface area contributed by atoms with Gasteiger partial charge < -0.3 is 15.2 Å². The van der Waals surface area contributed by atoms with Gasteiger partial charge in [-0.3, -0.25) is 9.59 Å². The van der Waals surface area contributed by atoms with Crippen molar-refractivity contribution in [3.8, 4) is 0 Å². The third-order valence-electron chi connectivity index (χ3n) is 2.54. The van der Waals surface area contributed by atoms with Crippen LogP contribution in [-0.2, 0) is 19.1 Å². The van der Waals surface area contributed by atoms with E-state index >= 15 is 0 Å². The van der Waals surface area contributed by atoms with Crippen LogP contribution in [0.5, 0.6) is 0 Å². The SMILES string of the molecule is CCOC(=O)CCCCCC[C@H](N)C(=O)OCC. The molecule has 0 aromatic heterocycles. The predicted molar refractivity (Wildman–Crippen MR) is 68.9 cm³/mol. The molecular formula is C13H25NO4. The van der Waals surface area contributed by atoms with Gasteiger partial charge in [0.25, 0.3) is 0 Å². The summed E-state index contributed by atoms with van der Waals surface area (Å²) in [7, 11) is 0. The molecule has 0 radical (unpaired) electrons. The molecule has 0 unspecified atom stereocenters. The first kappa shape index (κ1) is 16.9. The molecule has 2 N–H and O–H groups in total. The Balaban J connectivity index is 3.40. The van der Waals surface area contributed by atoms with Gasteiger partial charge in [-0.25, -0.2) is 0 Å². The van der Waals surface area contributed by atoms with Gasteiger partial charge in [0, 0.05) is 6.42 Å². The average molecular weight is 259 g/mol. The highest BCUT2D eigenvalue weighted by Gasteiger charge is 2.13. The molecule has 5 nitrogen and oxygen atoms in total. The number of ether oxygens (including phenoxy) is 2. The number of esters is 2. The molecule has 18 heavy (non-hydrogen) atoms. The first-order valence-electron chi connectivity index (χ1n) is 6.69. The fourth-order valence-electron chi connectivity index (χ4n) is 1.59.